The second-order valence-corrected chi connectivity index (χ2v) is 8.93. The molecule has 0 aliphatic carbocycles. The summed E-state index contributed by atoms with van der Waals surface area (Å²) in [6.45, 7) is 3.27. The van der Waals surface area contributed by atoms with Crippen molar-refractivity contribution in [3.05, 3.63) is 41.5 Å². The molecule has 4 rings (SSSR count). The van der Waals surface area contributed by atoms with E-state index in [2.05, 4.69) is 10.3 Å². The Morgan fingerprint density at radius 1 is 1.30 bits per heavy atom. The van der Waals surface area contributed by atoms with E-state index in [0.717, 1.165) is 13.0 Å². The van der Waals surface area contributed by atoms with Gasteiger partial charge in [-0.15, -0.1) is 5.10 Å². The third kappa shape index (κ3) is 3.34. The van der Waals surface area contributed by atoms with Crippen LogP contribution in [-0.2, 0) is 21.4 Å². The molecule has 10 heteroatoms. The largest absolute Gasteiger partial charge is 0.337 e. The lowest BCUT2D eigenvalue weighted by Gasteiger charge is -2.37. The van der Waals surface area contributed by atoms with Crippen molar-refractivity contribution in [1.29, 1.82) is 0 Å². The molecule has 0 bridgehead atoms. The van der Waals surface area contributed by atoms with Crippen molar-refractivity contribution in [2.75, 3.05) is 19.6 Å². The predicted molar refractivity (Wildman–Crippen MR) is 93.6 cm³/mol. The number of nitrogens with zero attached hydrogens (tertiary/aromatic N) is 5. The van der Waals surface area contributed by atoms with E-state index in [9.17, 15) is 17.6 Å². The smallest absolute Gasteiger partial charge is 0.243 e. The maximum Gasteiger partial charge on any atom is 0.243 e. The lowest BCUT2D eigenvalue weighted by molar-refractivity contribution is -0.128. The van der Waals surface area contributed by atoms with Gasteiger partial charge in [-0.05, 0) is 37.1 Å². The number of hydrogen-bond donors (Lipinski definition) is 0. The Bertz CT molecular complexity index is 984. The Morgan fingerprint density at radius 3 is 2.74 bits per heavy atom. The van der Waals surface area contributed by atoms with E-state index >= 15 is 0 Å². The van der Waals surface area contributed by atoms with Crippen molar-refractivity contribution in [3.8, 4) is 0 Å². The van der Waals surface area contributed by atoms with Gasteiger partial charge in [-0.25, -0.2) is 17.5 Å². The van der Waals surface area contributed by atoms with Gasteiger partial charge in [0.25, 0.3) is 0 Å². The highest BCUT2D eigenvalue weighted by Crippen LogP contribution is 2.28. The monoisotopic (exact) mass is 393 g/mol. The molecule has 1 aromatic heterocycles. The summed E-state index contributed by atoms with van der Waals surface area (Å²) in [6, 6.07) is 3.70. The molecular weight excluding hydrogens is 373 g/mol. The van der Waals surface area contributed by atoms with E-state index in [0.29, 0.717) is 24.2 Å². The molecule has 2 fully saturated rings. The highest BCUT2D eigenvalue weighted by Gasteiger charge is 2.38. The molecule has 8 nitrogen and oxygen atoms in total. The second-order valence-electron chi connectivity index (χ2n) is 7.00. The maximum atomic E-state index is 13.4. The zero-order chi connectivity index (χ0) is 19.2. The molecule has 144 valence electrons. The Hall–Kier alpha value is -2.33. The Morgan fingerprint density at radius 2 is 2.07 bits per heavy atom. The van der Waals surface area contributed by atoms with Gasteiger partial charge in [0, 0.05) is 26.1 Å². The maximum absolute atomic E-state index is 13.4. The first kappa shape index (κ1) is 18.1. The number of rotatable bonds is 5. The van der Waals surface area contributed by atoms with Crippen molar-refractivity contribution >= 4 is 15.9 Å². The van der Waals surface area contributed by atoms with Crippen molar-refractivity contribution in [2.45, 2.75) is 37.2 Å². The van der Waals surface area contributed by atoms with Crippen LogP contribution in [0, 0.1) is 12.7 Å². The van der Waals surface area contributed by atoms with Crippen LogP contribution in [0.3, 0.4) is 0 Å². The fraction of sp³-hybridized carbons (Fsp3) is 0.471. The first-order valence-corrected chi connectivity index (χ1v) is 10.2. The van der Waals surface area contributed by atoms with Gasteiger partial charge < -0.3 is 4.90 Å². The Balaban J connectivity index is 1.40. The average molecular weight is 393 g/mol. The summed E-state index contributed by atoms with van der Waals surface area (Å²) in [4.78, 5) is 13.5. The van der Waals surface area contributed by atoms with E-state index in [-0.39, 0.29) is 29.9 Å². The lowest BCUT2D eigenvalue weighted by atomic mass is 10.2. The summed E-state index contributed by atoms with van der Waals surface area (Å²) in [7, 11) is -3.65. The van der Waals surface area contributed by atoms with Crippen LogP contribution in [0.1, 0.15) is 30.1 Å². The van der Waals surface area contributed by atoms with E-state index in [1.165, 1.54) is 29.4 Å². The minimum atomic E-state index is -3.65. The minimum Gasteiger partial charge on any atom is -0.337 e. The highest BCUT2D eigenvalue weighted by molar-refractivity contribution is 7.89. The van der Waals surface area contributed by atoms with Gasteiger partial charge in [-0.2, -0.15) is 4.31 Å². The van der Waals surface area contributed by atoms with Gasteiger partial charge in [0.2, 0.25) is 15.9 Å². The number of halogens is 1. The van der Waals surface area contributed by atoms with Gasteiger partial charge in [0.15, 0.2) is 0 Å². The van der Waals surface area contributed by atoms with E-state index < -0.39 is 15.8 Å². The third-order valence-corrected chi connectivity index (χ3v) is 6.88. The van der Waals surface area contributed by atoms with Gasteiger partial charge >= 0.3 is 0 Å². The van der Waals surface area contributed by atoms with Gasteiger partial charge in [-0.3, -0.25) is 4.79 Å². The van der Waals surface area contributed by atoms with Crippen molar-refractivity contribution < 1.29 is 17.6 Å². The summed E-state index contributed by atoms with van der Waals surface area (Å²) >= 11 is 0. The lowest BCUT2D eigenvalue weighted by Crippen LogP contribution is -2.50. The van der Waals surface area contributed by atoms with Gasteiger partial charge in [0.1, 0.15) is 11.5 Å². The SMILES string of the molecule is Cc1cc(S(=O)(=O)N2CC(n3cc(CN4CCCC4=O)nn3)C2)ccc1F. The molecule has 0 N–H and O–H groups in total. The summed E-state index contributed by atoms with van der Waals surface area (Å²) in [6.07, 6.45) is 3.21. The summed E-state index contributed by atoms with van der Waals surface area (Å²) < 4.78 is 41.7. The molecule has 0 unspecified atom stereocenters. The van der Waals surface area contributed by atoms with Crippen LogP contribution in [0.25, 0.3) is 0 Å². The topological polar surface area (TPSA) is 88.4 Å². The van der Waals surface area contributed by atoms with E-state index in [1.54, 1.807) is 15.8 Å². The van der Waals surface area contributed by atoms with Crippen LogP contribution in [0.2, 0.25) is 0 Å². The van der Waals surface area contributed by atoms with Crippen molar-refractivity contribution in [3.63, 3.8) is 0 Å². The van der Waals surface area contributed by atoms with Gasteiger partial charge in [-0.1, -0.05) is 5.21 Å². The Labute approximate surface area is 156 Å². The first-order valence-electron chi connectivity index (χ1n) is 8.79. The zero-order valence-electron chi connectivity index (χ0n) is 14.9. The fourth-order valence-electron chi connectivity index (χ4n) is 3.34. The number of amides is 1. The van der Waals surface area contributed by atoms with Crippen LogP contribution in [0.15, 0.2) is 29.3 Å². The first-order chi connectivity index (χ1) is 12.8. The Kier molecular flexibility index (Phi) is 4.47. The number of benzene rings is 1. The summed E-state index contributed by atoms with van der Waals surface area (Å²) in [5.41, 5.74) is 0.992. The zero-order valence-corrected chi connectivity index (χ0v) is 15.7. The van der Waals surface area contributed by atoms with Crippen molar-refractivity contribution in [1.82, 2.24) is 24.2 Å². The van der Waals surface area contributed by atoms with E-state index in [1.807, 2.05) is 0 Å². The van der Waals surface area contributed by atoms with Crippen molar-refractivity contribution in [2.24, 2.45) is 0 Å². The quantitative estimate of drug-likeness (QED) is 0.759. The minimum absolute atomic E-state index is 0.0895. The van der Waals surface area contributed by atoms with Crippen LogP contribution >= 0.6 is 0 Å². The number of carbonyl (C=O) groups is 1. The van der Waals surface area contributed by atoms with Crippen LogP contribution in [0.4, 0.5) is 4.39 Å². The average Bonchev–Trinajstić information content (AvgIpc) is 3.18. The molecule has 1 aromatic carbocycles. The standard InChI is InChI=1S/C17H20FN5O3S/c1-12-7-15(4-5-16(12)18)27(25,26)22-10-14(11-22)23-9-13(19-20-23)8-21-6-2-3-17(21)24/h4-5,7,9,14H,2-3,6,8,10-11H2,1H3. The number of likely N-dealkylation sites (tertiary alicyclic amines) is 1. The summed E-state index contributed by atoms with van der Waals surface area (Å²) in [5, 5.41) is 8.17. The molecule has 27 heavy (non-hydrogen) atoms. The fourth-order valence-corrected chi connectivity index (χ4v) is 4.94. The molecule has 2 saturated heterocycles. The van der Waals surface area contributed by atoms with Crippen LogP contribution in [-0.4, -0.2) is 58.2 Å². The second kappa shape index (κ2) is 6.68. The number of aromatic nitrogens is 3. The van der Waals surface area contributed by atoms with Gasteiger partial charge in [0.05, 0.1) is 23.7 Å². The molecule has 0 saturated carbocycles. The molecule has 2 aromatic rings. The molecular formula is C17H20FN5O3S. The number of aryl methyl sites for hydroxylation is 1. The molecule has 0 spiro atoms. The highest BCUT2D eigenvalue weighted by atomic mass is 32.2. The van der Waals surface area contributed by atoms with Crippen LogP contribution in [0.5, 0.6) is 0 Å². The molecule has 2 aliphatic heterocycles. The van der Waals surface area contributed by atoms with Crippen LogP contribution < -0.4 is 0 Å². The molecule has 1 amide bonds. The normalized spacial score (nSPS) is 18.9. The molecule has 3 heterocycles. The number of carbonyl (C=O) groups excluding carboxylic acids is 1. The molecule has 0 radical (unpaired) electrons. The number of hydrogen-bond acceptors (Lipinski definition) is 5. The third-order valence-electron chi connectivity index (χ3n) is 5.05. The predicted octanol–water partition coefficient (Wildman–Crippen LogP) is 1.09. The number of sulfonamides is 1. The van der Waals surface area contributed by atoms with E-state index in [4.69, 9.17) is 0 Å². The molecule has 0 atom stereocenters. The summed E-state index contributed by atoms with van der Waals surface area (Å²) in [5.74, 6) is -0.304. The molecule has 2 aliphatic rings.